The summed E-state index contributed by atoms with van der Waals surface area (Å²) < 4.78 is 0. The maximum Gasteiger partial charge on any atom is 0.246 e. The molecule has 0 aliphatic heterocycles. The van der Waals surface area contributed by atoms with E-state index < -0.39 is 12.0 Å². The van der Waals surface area contributed by atoms with E-state index in [1.54, 1.807) is 12.1 Å². The van der Waals surface area contributed by atoms with Crippen molar-refractivity contribution < 1.29 is 19.2 Å². The Morgan fingerprint density at radius 3 is 1.97 bits per heavy atom. The first kappa shape index (κ1) is 26.6. The van der Waals surface area contributed by atoms with Gasteiger partial charge in [0.1, 0.15) is 6.04 Å². The summed E-state index contributed by atoms with van der Waals surface area (Å²) in [4.78, 5) is 43.8. The van der Waals surface area contributed by atoms with Gasteiger partial charge in [-0.25, -0.2) is 5.48 Å². The Kier molecular flexibility index (Phi) is 10.7. The van der Waals surface area contributed by atoms with Crippen molar-refractivity contribution in [2.75, 3.05) is 7.05 Å². The van der Waals surface area contributed by atoms with Gasteiger partial charge in [-0.3, -0.25) is 19.2 Å². The number of rotatable bonds is 13. The lowest BCUT2D eigenvalue weighted by atomic mass is 9.94. The standard InChI is InChI=1S/C29H33N3O4/c1-30-29(35)27(24-17-9-4-10-18-24)31-28(34)25(19-11-16-22-12-5-2-6-13-22)20-26(33)32-36-21-23-14-7-3-8-15-23/h2-10,12-15,17-18,25,27H,11,16,19-21H2,1H3,(H,30,35)(H,31,34)(H,32,33)/t25-,27+/m1/s1. The largest absolute Gasteiger partial charge is 0.357 e. The lowest BCUT2D eigenvalue weighted by Crippen LogP contribution is -2.42. The van der Waals surface area contributed by atoms with Gasteiger partial charge < -0.3 is 10.6 Å². The predicted octanol–water partition coefficient (Wildman–Crippen LogP) is 3.87. The van der Waals surface area contributed by atoms with Crippen LogP contribution in [0.4, 0.5) is 0 Å². The molecule has 0 aromatic heterocycles. The molecule has 0 radical (unpaired) electrons. The van der Waals surface area contributed by atoms with Crippen LogP contribution in [0, 0.1) is 5.92 Å². The van der Waals surface area contributed by atoms with E-state index >= 15 is 0 Å². The third kappa shape index (κ3) is 8.67. The van der Waals surface area contributed by atoms with Gasteiger partial charge in [0.05, 0.1) is 6.61 Å². The molecule has 188 valence electrons. The molecule has 3 aromatic rings. The number of likely N-dealkylation sites (N-methyl/N-ethyl adjacent to an activating group) is 1. The van der Waals surface area contributed by atoms with Crippen LogP contribution < -0.4 is 16.1 Å². The van der Waals surface area contributed by atoms with Gasteiger partial charge in [0.25, 0.3) is 0 Å². The number of nitrogens with one attached hydrogen (secondary N) is 3. The van der Waals surface area contributed by atoms with Crippen molar-refractivity contribution in [3.05, 3.63) is 108 Å². The molecule has 0 aliphatic rings. The summed E-state index contributed by atoms with van der Waals surface area (Å²) in [6.45, 7) is 0.226. The molecule has 7 nitrogen and oxygen atoms in total. The zero-order valence-corrected chi connectivity index (χ0v) is 20.5. The zero-order chi connectivity index (χ0) is 25.6. The molecular formula is C29H33N3O4. The highest BCUT2D eigenvalue weighted by Gasteiger charge is 2.27. The van der Waals surface area contributed by atoms with Crippen LogP contribution in [0.15, 0.2) is 91.0 Å². The minimum atomic E-state index is -0.849. The van der Waals surface area contributed by atoms with Crippen LogP contribution in [0.1, 0.15) is 42.0 Å². The molecule has 36 heavy (non-hydrogen) atoms. The lowest BCUT2D eigenvalue weighted by molar-refractivity contribution is -0.139. The van der Waals surface area contributed by atoms with Crippen molar-refractivity contribution in [3.63, 3.8) is 0 Å². The van der Waals surface area contributed by atoms with E-state index in [0.29, 0.717) is 12.0 Å². The van der Waals surface area contributed by atoms with E-state index in [9.17, 15) is 14.4 Å². The minimum absolute atomic E-state index is 0.0509. The van der Waals surface area contributed by atoms with Gasteiger partial charge in [-0.1, -0.05) is 91.0 Å². The second-order valence-corrected chi connectivity index (χ2v) is 8.54. The first-order valence-corrected chi connectivity index (χ1v) is 12.1. The van der Waals surface area contributed by atoms with E-state index in [4.69, 9.17) is 4.84 Å². The predicted molar refractivity (Wildman–Crippen MR) is 138 cm³/mol. The molecule has 0 bridgehead atoms. The Balaban J connectivity index is 1.64. The van der Waals surface area contributed by atoms with Gasteiger partial charge in [0.15, 0.2) is 0 Å². The van der Waals surface area contributed by atoms with Gasteiger partial charge in [-0.15, -0.1) is 0 Å². The molecule has 3 N–H and O–H groups in total. The first-order valence-electron chi connectivity index (χ1n) is 12.1. The summed E-state index contributed by atoms with van der Waals surface area (Å²) in [6, 6.07) is 27.7. The van der Waals surface area contributed by atoms with Crippen LogP contribution in [0.3, 0.4) is 0 Å². The summed E-state index contributed by atoms with van der Waals surface area (Å²) in [5.41, 5.74) is 5.20. The highest BCUT2D eigenvalue weighted by molar-refractivity contribution is 5.91. The van der Waals surface area contributed by atoms with Crippen molar-refractivity contribution in [1.82, 2.24) is 16.1 Å². The average molecular weight is 488 g/mol. The number of amides is 3. The van der Waals surface area contributed by atoms with Gasteiger partial charge in [-0.05, 0) is 36.0 Å². The molecule has 3 rings (SSSR count). The number of carbonyl (C=O) groups excluding carboxylic acids is 3. The topological polar surface area (TPSA) is 96.5 Å². The van der Waals surface area contributed by atoms with Crippen LogP contribution in [0.25, 0.3) is 0 Å². The Hall–Kier alpha value is -3.97. The van der Waals surface area contributed by atoms with Gasteiger partial charge in [0.2, 0.25) is 17.7 Å². The molecule has 0 unspecified atom stereocenters. The van der Waals surface area contributed by atoms with Gasteiger partial charge in [-0.2, -0.15) is 0 Å². The molecule has 0 heterocycles. The maximum atomic E-state index is 13.3. The summed E-state index contributed by atoms with van der Waals surface area (Å²) in [5, 5.41) is 5.45. The molecule has 0 aliphatic carbocycles. The van der Waals surface area contributed by atoms with Crippen molar-refractivity contribution in [2.45, 2.75) is 38.3 Å². The van der Waals surface area contributed by atoms with E-state index in [0.717, 1.165) is 18.4 Å². The monoisotopic (exact) mass is 487 g/mol. The number of carbonyl (C=O) groups is 3. The third-order valence-electron chi connectivity index (χ3n) is 5.86. The first-order chi connectivity index (χ1) is 17.6. The molecule has 0 fully saturated rings. The number of hydroxylamine groups is 1. The van der Waals surface area contributed by atoms with Crippen molar-refractivity contribution in [3.8, 4) is 0 Å². The van der Waals surface area contributed by atoms with Crippen LogP contribution in [-0.4, -0.2) is 24.8 Å². The van der Waals surface area contributed by atoms with E-state index in [1.165, 1.54) is 12.6 Å². The molecule has 3 aromatic carbocycles. The number of hydrogen-bond donors (Lipinski definition) is 3. The van der Waals surface area contributed by atoms with E-state index in [2.05, 4.69) is 16.1 Å². The van der Waals surface area contributed by atoms with Crippen molar-refractivity contribution >= 4 is 17.7 Å². The van der Waals surface area contributed by atoms with E-state index in [-0.39, 0.29) is 30.7 Å². The van der Waals surface area contributed by atoms with Crippen molar-refractivity contribution in [2.24, 2.45) is 5.92 Å². The minimum Gasteiger partial charge on any atom is -0.357 e. The molecular weight excluding hydrogens is 454 g/mol. The second-order valence-electron chi connectivity index (χ2n) is 8.54. The Labute approximate surface area is 212 Å². The second kappa shape index (κ2) is 14.4. The molecule has 0 saturated heterocycles. The maximum absolute atomic E-state index is 13.3. The van der Waals surface area contributed by atoms with Crippen LogP contribution in [0.2, 0.25) is 0 Å². The number of aryl methyl sites for hydroxylation is 1. The van der Waals surface area contributed by atoms with Gasteiger partial charge in [0, 0.05) is 19.4 Å². The fourth-order valence-electron chi connectivity index (χ4n) is 3.91. The molecule has 2 atom stereocenters. The van der Waals surface area contributed by atoms with Crippen LogP contribution in [-0.2, 0) is 32.2 Å². The molecule has 7 heteroatoms. The Morgan fingerprint density at radius 2 is 1.36 bits per heavy atom. The SMILES string of the molecule is CNC(=O)[C@@H](NC(=O)[C@H](CCCc1ccccc1)CC(=O)NOCc1ccccc1)c1ccccc1. The number of benzene rings is 3. The highest BCUT2D eigenvalue weighted by atomic mass is 16.6. The van der Waals surface area contributed by atoms with Crippen molar-refractivity contribution in [1.29, 1.82) is 0 Å². The normalized spacial score (nSPS) is 12.2. The highest BCUT2D eigenvalue weighted by Crippen LogP contribution is 2.19. The third-order valence-corrected chi connectivity index (χ3v) is 5.86. The van der Waals surface area contributed by atoms with Crippen LogP contribution in [0.5, 0.6) is 0 Å². The van der Waals surface area contributed by atoms with E-state index in [1.807, 2.05) is 78.9 Å². The molecule has 0 spiro atoms. The Bertz CT molecular complexity index is 1090. The summed E-state index contributed by atoms with van der Waals surface area (Å²) in [5.74, 6) is -1.68. The van der Waals surface area contributed by atoms with Crippen LogP contribution >= 0.6 is 0 Å². The molecule has 0 saturated carbocycles. The smallest absolute Gasteiger partial charge is 0.246 e. The summed E-state index contributed by atoms with van der Waals surface area (Å²) in [6.07, 6.45) is 1.94. The fourth-order valence-corrected chi connectivity index (χ4v) is 3.91. The fraction of sp³-hybridized carbons (Fsp3) is 0.276. The quantitative estimate of drug-likeness (QED) is 0.319. The Morgan fingerprint density at radius 1 is 0.778 bits per heavy atom. The lowest BCUT2D eigenvalue weighted by Gasteiger charge is -2.22. The summed E-state index contributed by atoms with van der Waals surface area (Å²) >= 11 is 0. The van der Waals surface area contributed by atoms with Gasteiger partial charge >= 0.3 is 0 Å². The number of hydrogen-bond acceptors (Lipinski definition) is 4. The summed E-state index contributed by atoms with van der Waals surface area (Å²) in [7, 11) is 1.53. The molecule has 3 amide bonds. The average Bonchev–Trinajstić information content (AvgIpc) is 2.92. The zero-order valence-electron chi connectivity index (χ0n) is 20.5.